The minimum Gasteiger partial charge on any atom is -0.396 e. The summed E-state index contributed by atoms with van der Waals surface area (Å²) < 4.78 is 0. The molecule has 1 radical (unpaired) electrons. The highest BCUT2D eigenvalue weighted by Crippen LogP contribution is 2.08. The van der Waals surface area contributed by atoms with Crippen molar-refractivity contribution in [2.45, 2.75) is 51.4 Å². The average molecular weight is 187 g/mol. The molecule has 0 fully saturated rings. The highest BCUT2D eigenvalue weighted by atomic mass is 16.3. The first kappa shape index (κ1) is 12.9. The molecule has 0 saturated carbocycles. The number of rotatable bonds is 10. The van der Waals surface area contributed by atoms with Crippen molar-refractivity contribution in [1.29, 1.82) is 0 Å². The van der Waals surface area contributed by atoms with Gasteiger partial charge in [-0.05, 0) is 25.7 Å². The van der Waals surface area contributed by atoms with Crippen molar-refractivity contribution in [3.05, 3.63) is 6.42 Å². The van der Waals surface area contributed by atoms with E-state index in [1.807, 2.05) is 0 Å². The van der Waals surface area contributed by atoms with Crippen molar-refractivity contribution in [1.82, 2.24) is 0 Å². The Morgan fingerprint density at radius 1 is 0.615 bits per heavy atom. The lowest BCUT2D eigenvalue weighted by Gasteiger charge is -2.00. The summed E-state index contributed by atoms with van der Waals surface area (Å²) in [5.74, 6) is 0. The molecule has 13 heavy (non-hydrogen) atoms. The lowest BCUT2D eigenvalue weighted by Crippen LogP contribution is -1.86. The van der Waals surface area contributed by atoms with Gasteiger partial charge in [-0.2, -0.15) is 0 Å². The fourth-order valence-corrected chi connectivity index (χ4v) is 1.31. The molecule has 0 aliphatic heterocycles. The van der Waals surface area contributed by atoms with Crippen molar-refractivity contribution in [3.8, 4) is 0 Å². The number of aliphatic hydroxyl groups is 2. The molecule has 0 atom stereocenters. The summed E-state index contributed by atoms with van der Waals surface area (Å²) in [5.41, 5.74) is 0. The number of hydrogen-bond donors (Lipinski definition) is 2. The lowest BCUT2D eigenvalue weighted by atomic mass is 10.1. The molecule has 2 heteroatoms. The Kier molecular flexibility index (Phi) is 11.8. The van der Waals surface area contributed by atoms with E-state index >= 15 is 0 Å². The highest BCUT2D eigenvalue weighted by molar-refractivity contribution is 4.63. The molecule has 2 N–H and O–H groups in total. The third kappa shape index (κ3) is 11.9. The van der Waals surface area contributed by atoms with Crippen LogP contribution in [0.1, 0.15) is 51.4 Å². The second-order valence-corrected chi connectivity index (χ2v) is 3.43. The Morgan fingerprint density at radius 3 is 1.85 bits per heavy atom. The minimum atomic E-state index is 0.312. The van der Waals surface area contributed by atoms with Crippen LogP contribution in [0.25, 0.3) is 0 Å². The average Bonchev–Trinajstić information content (AvgIpc) is 2.16. The molecule has 79 valence electrons. The number of hydrogen-bond acceptors (Lipinski definition) is 2. The van der Waals surface area contributed by atoms with E-state index in [2.05, 4.69) is 6.42 Å². The molecular formula is C11H23O2. The van der Waals surface area contributed by atoms with Crippen LogP contribution in [0.3, 0.4) is 0 Å². The summed E-state index contributed by atoms with van der Waals surface area (Å²) in [5, 5.41) is 17.1. The van der Waals surface area contributed by atoms with Gasteiger partial charge in [0.15, 0.2) is 0 Å². The summed E-state index contributed by atoms with van der Waals surface area (Å²) in [6, 6.07) is 0. The van der Waals surface area contributed by atoms with Gasteiger partial charge in [0.25, 0.3) is 0 Å². The van der Waals surface area contributed by atoms with E-state index in [-0.39, 0.29) is 0 Å². The summed E-state index contributed by atoms with van der Waals surface area (Å²) in [7, 11) is 0. The number of unbranched alkanes of at least 4 members (excludes halogenated alkanes) is 8. The van der Waals surface area contributed by atoms with E-state index < -0.39 is 0 Å². The predicted molar refractivity (Wildman–Crippen MR) is 55.4 cm³/mol. The van der Waals surface area contributed by atoms with Gasteiger partial charge in [0.1, 0.15) is 0 Å². The van der Waals surface area contributed by atoms with E-state index in [0.29, 0.717) is 13.2 Å². The molecule has 0 aromatic heterocycles. The summed E-state index contributed by atoms with van der Waals surface area (Å²) in [4.78, 5) is 0. The zero-order valence-corrected chi connectivity index (χ0v) is 8.54. The summed E-state index contributed by atoms with van der Waals surface area (Å²) in [6.07, 6.45) is 11.3. The van der Waals surface area contributed by atoms with Gasteiger partial charge in [-0.3, -0.25) is 0 Å². The Bertz CT molecular complexity index is 74.2. The van der Waals surface area contributed by atoms with Crippen molar-refractivity contribution >= 4 is 0 Å². The first-order valence-corrected chi connectivity index (χ1v) is 5.45. The highest BCUT2D eigenvalue weighted by Gasteiger charge is 1.91. The van der Waals surface area contributed by atoms with Crippen LogP contribution in [0.2, 0.25) is 0 Å². The molecule has 0 unspecified atom stereocenters. The largest absolute Gasteiger partial charge is 0.396 e. The Labute approximate surface area is 82.0 Å². The van der Waals surface area contributed by atoms with Gasteiger partial charge in [0.2, 0.25) is 0 Å². The summed E-state index contributed by atoms with van der Waals surface area (Å²) >= 11 is 0. The maximum Gasteiger partial charge on any atom is 0.0431 e. The molecule has 0 rings (SSSR count). The van der Waals surface area contributed by atoms with Gasteiger partial charge in [-0.25, -0.2) is 0 Å². The maximum atomic E-state index is 8.54. The second kappa shape index (κ2) is 11.9. The molecule has 0 aromatic carbocycles. The maximum absolute atomic E-state index is 8.54. The zero-order valence-electron chi connectivity index (χ0n) is 8.54. The van der Waals surface area contributed by atoms with Gasteiger partial charge < -0.3 is 10.2 Å². The van der Waals surface area contributed by atoms with E-state index in [4.69, 9.17) is 10.2 Å². The normalized spacial score (nSPS) is 10.6. The molecule has 2 nitrogen and oxygen atoms in total. The Balaban J connectivity index is 2.76. The quantitative estimate of drug-likeness (QED) is 0.515. The number of aliphatic hydroxyl groups excluding tert-OH is 2. The molecule has 0 spiro atoms. The van der Waals surface area contributed by atoms with Crippen molar-refractivity contribution in [2.24, 2.45) is 0 Å². The fourth-order valence-electron chi connectivity index (χ4n) is 1.31. The first-order valence-electron chi connectivity index (χ1n) is 5.45. The molecule has 0 heterocycles. The van der Waals surface area contributed by atoms with Crippen LogP contribution in [0.15, 0.2) is 0 Å². The Morgan fingerprint density at radius 2 is 1.15 bits per heavy atom. The standard InChI is InChI=1S/C11H23O2/c12-10-8-6-4-2-1-3-5-7-9-11-13/h4,12-13H,1-3,5-11H2. The molecule has 0 bridgehead atoms. The van der Waals surface area contributed by atoms with Crippen LogP contribution in [-0.4, -0.2) is 23.4 Å². The van der Waals surface area contributed by atoms with E-state index in [0.717, 1.165) is 25.7 Å². The monoisotopic (exact) mass is 187 g/mol. The predicted octanol–water partition coefficient (Wildman–Crippen LogP) is 2.30. The van der Waals surface area contributed by atoms with Crippen LogP contribution in [0.4, 0.5) is 0 Å². The molecular weight excluding hydrogens is 164 g/mol. The van der Waals surface area contributed by atoms with Gasteiger partial charge >= 0.3 is 0 Å². The fraction of sp³-hybridized carbons (Fsp3) is 0.909. The smallest absolute Gasteiger partial charge is 0.0431 e. The van der Waals surface area contributed by atoms with Gasteiger partial charge in [0.05, 0.1) is 0 Å². The van der Waals surface area contributed by atoms with E-state index in [1.165, 1.54) is 25.7 Å². The molecule has 0 aliphatic rings. The molecule has 0 aromatic rings. The molecule has 0 amide bonds. The topological polar surface area (TPSA) is 40.5 Å². The zero-order chi connectivity index (χ0) is 9.78. The van der Waals surface area contributed by atoms with Crippen molar-refractivity contribution in [3.63, 3.8) is 0 Å². The SMILES string of the molecule is OCCC[CH]CCCCCCCO. The van der Waals surface area contributed by atoms with Crippen molar-refractivity contribution < 1.29 is 10.2 Å². The van der Waals surface area contributed by atoms with Gasteiger partial charge in [-0.15, -0.1) is 0 Å². The lowest BCUT2D eigenvalue weighted by molar-refractivity contribution is 0.282. The first-order chi connectivity index (χ1) is 6.41. The molecule has 0 aliphatic carbocycles. The van der Waals surface area contributed by atoms with Crippen molar-refractivity contribution in [2.75, 3.05) is 13.2 Å². The third-order valence-electron chi connectivity index (χ3n) is 2.13. The minimum absolute atomic E-state index is 0.312. The summed E-state index contributed by atoms with van der Waals surface area (Å²) in [6.45, 7) is 0.648. The van der Waals surface area contributed by atoms with Crippen LogP contribution >= 0.6 is 0 Å². The second-order valence-electron chi connectivity index (χ2n) is 3.43. The van der Waals surface area contributed by atoms with Crippen LogP contribution < -0.4 is 0 Å². The van der Waals surface area contributed by atoms with Crippen LogP contribution in [-0.2, 0) is 0 Å². The van der Waals surface area contributed by atoms with E-state index in [9.17, 15) is 0 Å². The van der Waals surface area contributed by atoms with E-state index in [1.54, 1.807) is 0 Å². The van der Waals surface area contributed by atoms with Crippen LogP contribution in [0, 0.1) is 6.42 Å². The van der Waals surface area contributed by atoms with Crippen LogP contribution in [0.5, 0.6) is 0 Å². The molecule has 0 saturated heterocycles. The van der Waals surface area contributed by atoms with Gasteiger partial charge in [-0.1, -0.05) is 32.1 Å². The van der Waals surface area contributed by atoms with Gasteiger partial charge in [0, 0.05) is 13.2 Å². The third-order valence-corrected chi connectivity index (χ3v) is 2.13. The Hall–Kier alpha value is -0.0800.